The van der Waals surface area contributed by atoms with E-state index in [0.717, 1.165) is 6.08 Å². The third-order valence-corrected chi connectivity index (χ3v) is 1.63. The van der Waals surface area contributed by atoms with E-state index < -0.39 is 5.97 Å². The summed E-state index contributed by atoms with van der Waals surface area (Å²) < 4.78 is 4.33. The molecule has 0 bridgehead atoms. The summed E-state index contributed by atoms with van der Waals surface area (Å²) in [6.07, 6.45) is 4.07. The molecule has 0 aliphatic heterocycles. The van der Waals surface area contributed by atoms with Crippen molar-refractivity contribution in [3.8, 4) is 6.07 Å². The Labute approximate surface area is 119 Å². The molecule has 106 valence electrons. The second-order valence-corrected chi connectivity index (χ2v) is 3.04. The van der Waals surface area contributed by atoms with Crippen LogP contribution in [-0.2, 0) is 9.53 Å². The van der Waals surface area contributed by atoms with Crippen molar-refractivity contribution in [2.75, 3.05) is 13.2 Å². The van der Waals surface area contributed by atoms with Gasteiger partial charge < -0.3 is 9.84 Å². The molecule has 0 aromatic heterocycles. The summed E-state index contributed by atoms with van der Waals surface area (Å²) in [5.74, 6) is -0.501. The van der Waals surface area contributed by atoms with Crippen LogP contribution in [0.15, 0.2) is 62.2 Å². The first kappa shape index (κ1) is 19.7. The number of carbonyl (C=O) groups is 1. The highest BCUT2D eigenvalue weighted by atomic mass is 16.5. The summed E-state index contributed by atoms with van der Waals surface area (Å²) in [7, 11) is 0. The van der Waals surface area contributed by atoms with Gasteiger partial charge in [-0.1, -0.05) is 56.1 Å². The van der Waals surface area contributed by atoms with Crippen LogP contribution < -0.4 is 0 Å². The minimum absolute atomic E-state index is 0.0465. The van der Waals surface area contributed by atoms with E-state index in [2.05, 4.69) is 24.5 Å². The average Bonchev–Trinajstić information content (AvgIpc) is 2.54. The molecule has 0 saturated carbocycles. The third kappa shape index (κ3) is 15.4. The van der Waals surface area contributed by atoms with Gasteiger partial charge in [-0.15, -0.1) is 0 Å². The predicted molar refractivity (Wildman–Crippen MR) is 80.6 cm³/mol. The molecule has 0 aliphatic rings. The van der Waals surface area contributed by atoms with Crippen molar-refractivity contribution in [3.63, 3.8) is 0 Å². The minimum Gasteiger partial charge on any atom is -0.460 e. The number of carbonyl (C=O) groups excluding carboxylic acids is 1. The first-order valence-corrected chi connectivity index (χ1v) is 5.74. The largest absolute Gasteiger partial charge is 0.460 e. The monoisotopic (exact) mass is 273 g/mol. The highest BCUT2D eigenvalue weighted by Gasteiger charge is 1.90. The standard InChI is InChI=1S/C8H8.C5H8O3.C3H3N/c1-2-8-6-4-3-5-7-8;1-2-5(7)8-4-3-6;1-2-3-4/h2-7H,1H2;2,6H,1,3-4H2;2H,1H2. The van der Waals surface area contributed by atoms with Gasteiger partial charge in [-0.25, -0.2) is 4.79 Å². The van der Waals surface area contributed by atoms with Crippen molar-refractivity contribution in [2.24, 2.45) is 0 Å². The Morgan fingerprint density at radius 3 is 2.15 bits per heavy atom. The first-order valence-electron chi connectivity index (χ1n) is 5.74. The van der Waals surface area contributed by atoms with E-state index in [0.29, 0.717) is 0 Å². The summed E-state index contributed by atoms with van der Waals surface area (Å²) in [5.41, 5.74) is 1.17. The van der Waals surface area contributed by atoms with Crippen molar-refractivity contribution in [1.82, 2.24) is 0 Å². The fourth-order valence-electron chi connectivity index (χ4n) is 0.794. The Kier molecular flexibility index (Phi) is 16.1. The second kappa shape index (κ2) is 16.4. The zero-order valence-corrected chi connectivity index (χ0v) is 11.4. The number of hydrogen-bond donors (Lipinski definition) is 1. The summed E-state index contributed by atoms with van der Waals surface area (Å²) in [6.45, 7) is 9.81. The maximum absolute atomic E-state index is 10.1. The quantitative estimate of drug-likeness (QED) is 0.520. The number of aliphatic hydroxyl groups is 1. The van der Waals surface area contributed by atoms with Gasteiger partial charge in [0.05, 0.1) is 12.7 Å². The minimum atomic E-state index is -0.501. The van der Waals surface area contributed by atoms with Crippen LogP contribution in [0.2, 0.25) is 0 Å². The highest BCUT2D eigenvalue weighted by Crippen LogP contribution is 1.97. The van der Waals surface area contributed by atoms with E-state index in [9.17, 15) is 4.79 Å². The van der Waals surface area contributed by atoms with Crippen molar-refractivity contribution in [1.29, 1.82) is 5.26 Å². The molecule has 0 aliphatic carbocycles. The van der Waals surface area contributed by atoms with Gasteiger partial charge in [-0.2, -0.15) is 5.26 Å². The van der Waals surface area contributed by atoms with Crippen molar-refractivity contribution < 1.29 is 14.6 Å². The molecule has 4 nitrogen and oxygen atoms in total. The van der Waals surface area contributed by atoms with Crippen LogP contribution in [0.25, 0.3) is 6.08 Å². The van der Waals surface area contributed by atoms with E-state index in [4.69, 9.17) is 10.4 Å². The number of allylic oxidation sites excluding steroid dienone is 1. The van der Waals surface area contributed by atoms with Crippen LogP contribution >= 0.6 is 0 Å². The number of hydrogen-bond acceptors (Lipinski definition) is 4. The van der Waals surface area contributed by atoms with Crippen LogP contribution in [0.4, 0.5) is 0 Å². The maximum atomic E-state index is 10.1. The van der Waals surface area contributed by atoms with Gasteiger partial charge in [0.2, 0.25) is 0 Å². The fraction of sp³-hybridized carbons (Fsp3) is 0.125. The fourth-order valence-corrected chi connectivity index (χ4v) is 0.794. The lowest BCUT2D eigenvalue weighted by atomic mass is 10.2. The topological polar surface area (TPSA) is 70.3 Å². The lowest BCUT2D eigenvalue weighted by Crippen LogP contribution is -2.04. The molecule has 1 rings (SSSR count). The Morgan fingerprint density at radius 2 is 1.85 bits per heavy atom. The van der Waals surface area contributed by atoms with Crippen LogP contribution in [0.3, 0.4) is 0 Å². The Balaban J connectivity index is 0. The molecule has 0 atom stereocenters. The number of rotatable bonds is 4. The van der Waals surface area contributed by atoms with Gasteiger partial charge >= 0.3 is 5.97 Å². The maximum Gasteiger partial charge on any atom is 0.330 e. The van der Waals surface area contributed by atoms with Gasteiger partial charge in [0, 0.05) is 12.2 Å². The summed E-state index contributed by atoms with van der Waals surface area (Å²) >= 11 is 0. The molecule has 0 amide bonds. The van der Waals surface area contributed by atoms with Gasteiger partial charge in [0.1, 0.15) is 6.61 Å². The molecular weight excluding hydrogens is 254 g/mol. The Morgan fingerprint density at radius 1 is 1.30 bits per heavy atom. The summed E-state index contributed by atoms with van der Waals surface area (Å²) in [6, 6.07) is 11.7. The van der Waals surface area contributed by atoms with Crippen LogP contribution in [0.1, 0.15) is 5.56 Å². The van der Waals surface area contributed by atoms with Crippen molar-refractivity contribution >= 4 is 12.0 Å². The molecule has 0 spiro atoms. The predicted octanol–water partition coefficient (Wildman–Crippen LogP) is 2.73. The molecule has 20 heavy (non-hydrogen) atoms. The van der Waals surface area contributed by atoms with Crippen molar-refractivity contribution in [2.45, 2.75) is 0 Å². The Hall–Kier alpha value is -2.64. The van der Waals surface area contributed by atoms with Crippen molar-refractivity contribution in [3.05, 3.63) is 67.8 Å². The average molecular weight is 273 g/mol. The van der Waals surface area contributed by atoms with Gasteiger partial charge in [-0.3, -0.25) is 0 Å². The molecule has 0 fully saturated rings. The lowest BCUT2D eigenvalue weighted by Gasteiger charge is -1.94. The molecule has 0 saturated heterocycles. The molecular formula is C16H19NO3. The molecule has 1 aromatic rings. The number of aliphatic hydroxyl groups excluding tert-OH is 1. The van der Waals surface area contributed by atoms with E-state index in [1.54, 1.807) is 6.07 Å². The van der Waals surface area contributed by atoms with E-state index in [1.165, 1.54) is 11.6 Å². The van der Waals surface area contributed by atoms with Crippen LogP contribution in [-0.4, -0.2) is 24.3 Å². The number of benzene rings is 1. The summed E-state index contributed by atoms with van der Waals surface area (Å²) in [5, 5.41) is 15.6. The number of ether oxygens (including phenoxy) is 1. The van der Waals surface area contributed by atoms with Gasteiger partial charge in [-0.05, 0) is 5.56 Å². The zero-order chi connectivity index (χ0) is 15.6. The van der Waals surface area contributed by atoms with Crippen LogP contribution in [0, 0.1) is 11.3 Å². The highest BCUT2D eigenvalue weighted by molar-refractivity contribution is 5.81. The van der Waals surface area contributed by atoms with Gasteiger partial charge in [0.25, 0.3) is 0 Å². The van der Waals surface area contributed by atoms with Gasteiger partial charge in [0.15, 0.2) is 0 Å². The molecule has 1 N–H and O–H groups in total. The van der Waals surface area contributed by atoms with E-state index in [1.807, 2.05) is 36.4 Å². The normalized spacial score (nSPS) is 7.40. The lowest BCUT2D eigenvalue weighted by molar-refractivity contribution is -0.138. The molecule has 0 heterocycles. The Bertz CT molecular complexity index is 433. The number of nitrogens with zero attached hydrogens (tertiary/aromatic N) is 1. The molecule has 1 aromatic carbocycles. The molecule has 0 unspecified atom stereocenters. The SMILES string of the molecule is C=CC#N.C=CC(=O)OCCO.C=Cc1ccccc1. The third-order valence-electron chi connectivity index (χ3n) is 1.63. The second-order valence-electron chi connectivity index (χ2n) is 3.04. The van der Waals surface area contributed by atoms with E-state index >= 15 is 0 Å². The summed E-state index contributed by atoms with van der Waals surface area (Å²) in [4.78, 5) is 10.1. The first-order chi connectivity index (χ1) is 9.65. The molecule has 0 radical (unpaired) electrons. The molecule has 4 heteroatoms. The number of esters is 1. The van der Waals surface area contributed by atoms with Crippen LogP contribution in [0.5, 0.6) is 0 Å². The number of nitriles is 1. The van der Waals surface area contributed by atoms with E-state index in [-0.39, 0.29) is 13.2 Å². The smallest absolute Gasteiger partial charge is 0.330 e. The zero-order valence-electron chi connectivity index (χ0n) is 11.4.